The van der Waals surface area contributed by atoms with Crippen LogP contribution in [0.25, 0.3) is 32.9 Å². The Labute approximate surface area is 196 Å². The lowest BCUT2D eigenvalue weighted by Gasteiger charge is -2.19. The first-order valence-electron chi connectivity index (χ1n) is 11.6. The van der Waals surface area contributed by atoms with Crippen molar-refractivity contribution in [3.8, 4) is 22.6 Å². The van der Waals surface area contributed by atoms with Crippen LogP contribution in [0.2, 0.25) is 0 Å². The van der Waals surface area contributed by atoms with E-state index in [1.54, 1.807) is 17.7 Å². The van der Waals surface area contributed by atoms with Crippen LogP contribution in [-0.4, -0.2) is 27.7 Å². The van der Waals surface area contributed by atoms with E-state index in [4.69, 9.17) is 14.5 Å². The normalized spacial score (nSPS) is 14.6. The highest BCUT2D eigenvalue weighted by Gasteiger charge is 2.22. The van der Waals surface area contributed by atoms with E-state index in [0.29, 0.717) is 11.7 Å². The minimum absolute atomic E-state index is 0.0524. The van der Waals surface area contributed by atoms with Gasteiger partial charge in [-0.25, -0.2) is 4.98 Å². The Bertz CT molecular complexity index is 1560. The second kappa shape index (κ2) is 8.47. The van der Waals surface area contributed by atoms with E-state index in [2.05, 4.69) is 23.2 Å². The van der Waals surface area contributed by atoms with E-state index >= 15 is 0 Å². The van der Waals surface area contributed by atoms with E-state index in [1.165, 1.54) is 0 Å². The number of rotatable bonds is 4. The standard InChI is InChI=1S/C28H25N3O3/c1-31-17-21(7-11-25(31)32)23-9-10-24-26(30-28(29-24)19-12-14-33-15-13-19)27(23)34-22-8-6-18-4-2-3-5-20(18)16-22/h2-11,16-17,19H,12-15H2,1H3,(H,29,30). The number of nitrogens with one attached hydrogen (secondary N) is 1. The molecule has 3 heterocycles. The molecule has 6 nitrogen and oxygen atoms in total. The van der Waals surface area contributed by atoms with Gasteiger partial charge in [0.25, 0.3) is 0 Å². The number of hydrogen-bond acceptors (Lipinski definition) is 4. The van der Waals surface area contributed by atoms with Gasteiger partial charge in [0.05, 0.1) is 5.52 Å². The summed E-state index contributed by atoms with van der Waals surface area (Å²) in [5, 5.41) is 2.27. The summed E-state index contributed by atoms with van der Waals surface area (Å²) < 4.78 is 13.7. The van der Waals surface area contributed by atoms with E-state index in [-0.39, 0.29) is 5.56 Å². The molecule has 1 aliphatic heterocycles. The number of aryl methyl sites for hydroxylation is 1. The molecule has 2 aromatic heterocycles. The highest BCUT2D eigenvalue weighted by Crippen LogP contribution is 2.40. The van der Waals surface area contributed by atoms with Gasteiger partial charge in [-0.1, -0.05) is 30.3 Å². The van der Waals surface area contributed by atoms with E-state index < -0.39 is 0 Å². The number of nitrogens with zero attached hydrogens (tertiary/aromatic N) is 2. The Kier molecular flexibility index (Phi) is 5.15. The van der Waals surface area contributed by atoms with Crippen LogP contribution in [0.3, 0.4) is 0 Å². The van der Waals surface area contributed by atoms with Gasteiger partial charge in [-0.15, -0.1) is 0 Å². The summed E-state index contributed by atoms with van der Waals surface area (Å²) in [4.78, 5) is 20.5. The lowest BCUT2D eigenvalue weighted by atomic mass is 10.00. The van der Waals surface area contributed by atoms with Gasteiger partial charge in [-0.05, 0) is 53.9 Å². The summed E-state index contributed by atoms with van der Waals surface area (Å²) in [6, 6.07) is 21.8. The number of H-pyrrole nitrogens is 1. The number of fused-ring (bicyclic) bond motifs is 2. The first-order valence-corrected chi connectivity index (χ1v) is 11.6. The van der Waals surface area contributed by atoms with Gasteiger partial charge in [0.1, 0.15) is 17.1 Å². The largest absolute Gasteiger partial charge is 0.454 e. The molecule has 0 radical (unpaired) electrons. The third-order valence-electron chi connectivity index (χ3n) is 6.57. The SMILES string of the molecule is Cn1cc(-c2ccc3[nH]c(C4CCOCC4)nc3c2Oc2ccc3ccccc3c2)ccc1=O. The molecule has 6 heteroatoms. The fourth-order valence-electron chi connectivity index (χ4n) is 4.67. The molecule has 0 aliphatic carbocycles. The minimum atomic E-state index is -0.0524. The molecule has 1 aliphatic rings. The molecule has 6 rings (SSSR count). The predicted molar refractivity (Wildman–Crippen MR) is 134 cm³/mol. The highest BCUT2D eigenvalue weighted by atomic mass is 16.5. The van der Waals surface area contributed by atoms with Crippen LogP contribution in [0, 0.1) is 0 Å². The molecule has 1 fully saturated rings. The molecule has 0 spiro atoms. The molecule has 3 aromatic carbocycles. The van der Waals surface area contributed by atoms with Crippen molar-refractivity contribution in [2.45, 2.75) is 18.8 Å². The Morgan fingerprint density at radius 2 is 1.82 bits per heavy atom. The zero-order chi connectivity index (χ0) is 23.1. The zero-order valence-electron chi connectivity index (χ0n) is 19.0. The molecule has 0 saturated carbocycles. The maximum absolute atomic E-state index is 12.0. The van der Waals surface area contributed by atoms with Crippen molar-refractivity contribution in [1.82, 2.24) is 14.5 Å². The summed E-state index contributed by atoms with van der Waals surface area (Å²) >= 11 is 0. The topological polar surface area (TPSA) is 69.1 Å². The van der Waals surface area contributed by atoms with Gasteiger partial charge in [-0.2, -0.15) is 0 Å². The second-order valence-electron chi connectivity index (χ2n) is 8.83. The van der Waals surface area contributed by atoms with Crippen molar-refractivity contribution in [3.63, 3.8) is 0 Å². The Morgan fingerprint density at radius 3 is 2.65 bits per heavy atom. The van der Waals surface area contributed by atoms with Gasteiger partial charge < -0.3 is 19.0 Å². The Hall–Kier alpha value is -3.90. The van der Waals surface area contributed by atoms with Gasteiger partial charge >= 0.3 is 0 Å². The van der Waals surface area contributed by atoms with Crippen LogP contribution in [-0.2, 0) is 11.8 Å². The van der Waals surface area contributed by atoms with E-state index in [0.717, 1.165) is 70.6 Å². The summed E-state index contributed by atoms with van der Waals surface area (Å²) in [5.74, 6) is 2.74. The molecule has 5 aromatic rings. The molecule has 170 valence electrons. The van der Waals surface area contributed by atoms with Crippen LogP contribution in [0.1, 0.15) is 24.6 Å². The predicted octanol–water partition coefficient (Wildman–Crippen LogP) is 5.77. The highest BCUT2D eigenvalue weighted by molar-refractivity contribution is 5.91. The molecule has 0 amide bonds. The van der Waals surface area contributed by atoms with Crippen molar-refractivity contribution in [1.29, 1.82) is 0 Å². The molecule has 34 heavy (non-hydrogen) atoms. The lowest BCUT2D eigenvalue weighted by molar-refractivity contribution is 0.0838. The third-order valence-corrected chi connectivity index (χ3v) is 6.57. The van der Waals surface area contributed by atoms with Gasteiger partial charge in [0.2, 0.25) is 5.56 Å². The first kappa shape index (κ1) is 20.7. The number of aromatic nitrogens is 3. The Balaban J connectivity index is 1.51. The van der Waals surface area contributed by atoms with Crippen molar-refractivity contribution in [2.75, 3.05) is 13.2 Å². The molecule has 1 saturated heterocycles. The van der Waals surface area contributed by atoms with Gasteiger partial charge in [0, 0.05) is 49.6 Å². The smallest absolute Gasteiger partial charge is 0.250 e. The zero-order valence-corrected chi connectivity index (χ0v) is 19.0. The Morgan fingerprint density at radius 1 is 1.00 bits per heavy atom. The second-order valence-corrected chi connectivity index (χ2v) is 8.83. The van der Waals surface area contributed by atoms with E-state index in [1.807, 2.05) is 48.7 Å². The van der Waals surface area contributed by atoms with Gasteiger partial charge in [0.15, 0.2) is 5.75 Å². The molecule has 0 atom stereocenters. The molecule has 0 unspecified atom stereocenters. The number of imidazole rings is 1. The summed E-state index contributed by atoms with van der Waals surface area (Å²) in [6.45, 7) is 1.51. The number of benzene rings is 3. The maximum atomic E-state index is 12.0. The third kappa shape index (κ3) is 3.76. The number of aromatic amines is 1. The molecular formula is C28H25N3O3. The number of hydrogen-bond donors (Lipinski definition) is 1. The minimum Gasteiger partial charge on any atom is -0.454 e. The van der Waals surface area contributed by atoms with Crippen molar-refractivity contribution in [3.05, 3.63) is 89.1 Å². The van der Waals surface area contributed by atoms with E-state index in [9.17, 15) is 4.79 Å². The number of ether oxygens (including phenoxy) is 2. The van der Waals surface area contributed by atoms with Crippen LogP contribution >= 0.6 is 0 Å². The quantitative estimate of drug-likeness (QED) is 0.377. The molecule has 1 N–H and O–H groups in total. The lowest BCUT2D eigenvalue weighted by Crippen LogP contribution is -2.15. The van der Waals surface area contributed by atoms with Crippen LogP contribution in [0.15, 0.2) is 77.7 Å². The van der Waals surface area contributed by atoms with Crippen molar-refractivity contribution >= 4 is 21.8 Å². The van der Waals surface area contributed by atoms with Crippen molar-refractivity contribution < 1.29 is 9.47 Å². The monoisotopic (exact) mass is 451 g/mol. The van der Waals surface area contributed by atoms with Crippen LogP contribution in [0.4, 0.5) is 0 Å². The first-order chi connectivity index (χ1) is 16.7. The molecule has 0 bridgehead atoms. The van der Waals surface area contributed by atoms with Crippen LogP contribution < -0.4 is 10.3 Å². The summed E-state index contributed by atoms with van der Waals surface area (Å²) in [6.07, 6.45) is 3.74. The average Bonchev–Trinajstić information content (AvgIpc) is 3.31. The maximum Gasteiger partial charge on any atom is 0.250 e. The average molecular weight is 452 g/mol. The molecular weight excluding hydrogens is 426 g/mol. The summed E-state index contributed by atoms with van der Waals surface area (Å²) in [5.41, 5.74) is 3.46. The number of pyridine rings is 1. The fourth-order valence-corrected chi connectivity index (χ4v) is 4.67. The van der Waals surface area contributed by atoms with Crippen molar-refractivity contribution in [2.24, 2.45) is 7.05 Å². The van der Waals surface area contributed by atoms with Gasteiger partial charge in [-0.3, -0.25) is 4.79 Å². The van der Waals surface area contributed by atoms with Crippen LogP contribution in [0.5, 0.6) is 11.5 Å². The fraction of sp³-hybridized carbons (Fsp3) is 0.214. The summed E-state index contributed by atoms with van der Waals surface area (Å²) in [7, 11) is 1.76.